The monoisotopic (exact) mass is 169 g/mol. The highest BCUT2D eigenvalue weighted by molar-refractivity contribution is 5.66. The molecular weight excluding hydrogens is 154 g/mol. The average molecular weight is 169 g/mol. The van der Waals surface area contributed by atoms with Crippen molar-refractivity contribution in [3.05, 3.63) is 0 Å². The summed E-state index contributed by atoms with van der Waals surface area (Å²) in [5.41, 5.74) is 0. The minimum Gasteiger partial charge on any atom is -0.461 e. The number of carbonyl (C=O) groups is 1. The lowest BCUT2D eigenvalue weighted by Crippen LogP contribution is -2.38. The highest BCUT2D eigenvalue weighted by Gasteiger charge is 2.33. The molecule has 0 aromatic rings. The molecule has 2 aliphatic rings. The Bertz CT molecular complexity index is 181. The topological polar surface area (TPSA) is 29.5 Å². The van der Waals surface area contributed by atoms with Crippen LogP contribution in [-0.2, 0) is 9.53 Å². The number of fused-ring (bicyclic) bond motifs is 2. The van der Waals surface area contributed by atoms with Crippen LogP contribution in [0.1, 0.15) is 19.8 Å². The maximum absolute atomic E-state index is 10.7. The quantitative estimate of drug-likeness (QED) is 0.540. The first-order valence-corrected chi connectivity index (χ1v) is 4.63. The Kier molecular flexibility index (Phi) is 2.05. The SMILES string of the molecule is CC(=O)OC1CC2CCN(C2)C1. The van der Waals surface area contributed by atoms with Crippen molar-refractivity contribution in [2.24, 2.45) is 5.92 Å². The predicted octanol–water partition coefficient (Wildman–Crippen LogP) is 0.644. The Hall–Kier alpha value is -0.570. The Morgan fingerprint density at radius 2 is 2.33 bits per heavy atom. The summed E-state index contributed by atoms with van der Waals surface area (Å²) in [5, 5.41) is 0. The van der Waals surface area contributed by atoms with Gasteiger partial charge < -0.3 is 4.74 Å². The van der Waals surface area contributed by atoms with Gasteiger partial charge in [0.15, 0.2) is 0 Å². The molecule has 0 radical (unpaired) electrons. The zero-order valence-corrected chi connectivity index (χ0v) is 7.45. The molecule has 0 aliphatic carbocycles. The lowest BCUT2D eigenvalue weighted by Gasteiger charge is -2.29. The van der Waals surface area contributed by atoms with E-state index in [9.17, 15) is 4.79 Å². The molecule has 0 aromatic carbocycles. The number of hydrogen-bond acceptors (Lipinski definition) is 3. The van der Waals surface area contributed by atoms with Gasteiger partial charge in [0.05, 0.1) is 0 Å². The van der Waals surface area contributed by atoms with Crippen LogP contribution < -0.4 is 0 Å². The largest absolute Gasteiger partial charge is 0.461 e. The zero-order valence-electron chi connectivity index (χ0n) is 7.45. The molecule has 0 saturated carbocycles. The minimum atomic E-state index is -0.137. The Morgan fingerprint density at radius 1 is 1.50 bits per heavy atom. The third-order valence-electron chi connectivity index (χ3n) is 2.76. The summed E-state index contributed by atoms with van der Waals surface area (Å²) in [7, 11) is 0. The number of hydrogen-bond donors (Lipinski definition) is 0. The maximum atomic E-state index is 10.7. The zero-order chi connectivity index (χ0) is 8.55. The molecular formula is C9H15NO2. The van der Waals surface area contributed by atoms with Crippen molar-refractivity contribution >= 4 is 5.97 Å². The van der Waals surface area contributed by atoms with Gasteiger partial charge in [-0.05, 0) is 25.3 Å². The summed E-state index contributed by atoms with van der Waals surface area (Å²) in [6, 6.07) is 0. The predicted molar refractivity (Wildman–Crippen MR) is 44.7 cm³/mol. The molecule has 3 heteroatoms. The normalized spacial score (nSPS) is 39.6. The molecule has 0 N–H and O–H groups in total. The smallest absolute Gasteiger partial charge is 0.302 e. The molecule has 2 heterocycles. The van der Waals surface area contributed by atoms with E-state index in [2.05, 4.69) is 4.90 Å². The second-order valence-corrected chi connectivity index (χ2v) is 3.88. The van der Waals surface area contributed by atoms with Gasteiger partial charge in [-0.25, -0.2) is 0 Å². The lowest BCUT2D eigenvalue weighted by atomic mass is 9.99. The molecule has 3 nitrogen and oxygen atoms in total. The first-order chi connectivity index (χ1) is 5.74. The average Bonchev–Trinajstić information content (AvgIpc) is 2.29. The molecule has 3 atom stereocenters. The highest BCUT2D eigenvalue weighted by atomic mass is 16.5. The van der Waals surface area contributed by atoms with Crippen LogP contribution in [0.15, 0.2) is 0 Å². The summed E-state index contributed by atoms with van der Waals surface area (Å²) in [6.07, 6.45) is 2.54. The van der Waals surface area contributed by atoms with Gasteiger partial charge in [-0.1, -0.05) is 0 Å². The number of rotatable bonds is 1. The van der Waals surface area contributed by atoms with E-state index < -0.39 is 0 Å². The second-order valence-electron chi connectivity index (χ2n) is 3.88. The number of piperidine rings is 1. The molecule has 12 heavy (non-hydrogen) atoms. The van der Waals surface area contributed by atoms with Gasteiger partial charge in [-0.2, -0.15) is 0 Å². The van der Waals surface area contributed by atoms with Crippen LogP contribution in [0, 0.1) is 5.92 Å². The number of carbonyl (C=O) groups excluding carboxylic acids is 1. The van der Waals surface area contributed by atoms with E-state index in [0.29, 0.717) is 0 Å². The first-order valence-electron chi connectivity index (χ1n) is 4.63. The minimum absolute atomic E-state index is 0.137. The van der Waals surface area contributed by atoms with E-state index in [1.165, 1.54) is 26.4 Å². The van der Waals surface area contributed by atoms with Crippen molar-refractivity contribution in [1.82, 2.24) is 4.90 Å². The van der Waals surface area contributed by atoms with Crippen LogP contribution in [0.4, 0.5) is 0 Å². The lowest BCUT2D eigenvalue weighted by molar-refractivity contribution is -0.148. The molecule has 68 valence electrons. The van der Waals surface area contributed by atoms with Gasteiger partial charge in [-0.3, -0.25) is 9.69 Å². The van der Waals surface area contributed by atoms with Crippen LogP contribution in [-0.4, -0.2) is 36.6 Å². The third kappa shape index (κ3) is 1.61. The van der Waals surface area contributed by atoms with Gasteiger partial charge in [0.1, 0.15) is 6.10 Å². The summed E-state index contributed by atoms with van der Waals surface area (Å²) in [4.78, 5) is 13.1. The third-order valence-corrected chi connectivity index (χ3v) is 2.76. The standard InChI is InChI=1S/C9H15NO2/c1-7(11)12-9-4-8-2-3-10(5-8)6-9/h8-9H,2-6H2,1H3. The van der Waals surface area contributed by atoms with Gasteiger partial charge >= 0.3 is 5.97 Å². The Balaban J connectivity index is 1.89. The fourth-order valence-electron chi connectivity index (χ4n) is 2.33. The summed E-state index contributed by atoms with van der Waals surface area (Å²) in [5.74, 6) is 0.644. The molecule has 0 aromatic heterocycles. The van der Waals surface area contributed by atoms with Crippen LogP contribution in [0.5, 0.6) is 0 Å². The maximum Gasteiger partial charge on any atom is 0.302 e. The molecule has 2 saturated heterocycles. The van der Waals surface area contributed by atoms with E-state index in [0.717, 1.165) is 18.9 Å². The molecule has 2 rings (SSSR count). The number of esters is 1. The molecule has 2 bridgehead atoms. The van der Waals surface area contributed by atoms with Gasteiger partial charge in [0.25, 0.3) is 0 Å². The summed E-state index contributed by atoms with van der Waals surface area (Å²) >= 11 is 0. The van der Waals surface area contributed by atoms with Crippen molar-refractivity contribution in [2.75, 3.05) is 19.6 Å². The molecule has 0 amide bonds. The van der Waals surface area contributed by atoms with Gasteiger partial charge in [0, 0.05) is 20.0 Å². The molecule has 0 spiro atoms. The second kappa shape index (κ2) is 3.05. The van der Waals surface area contributed by atoms with Crippen LogP contribution in [0.3, 0.4) is 0 Å². The van der Waals surface area contributed by atoms with Crippen molar-refractivity contribution in [2.45, 2.75) is 25.9 Å². The van der Waals surface area contributed by atoms with Crippen molar-refractivity contribution < 1.29 is 9.53 Å². The fraction of sp³-hybridized carbons (Fsp3) is 0.889. The summed E-state index contributed by atoms with van der Waals surface area (Å²) in [6.45, 7) is 4.86. The van der Waals surface area contributed by atoms with Gasteiger partial charge in [0.2, 0.25) is 0 Å². The molecule has 2 aliphatic heterocycles. The van der Waals surface area contributed by atoms with Crippen LogP contribution in [0.2, 0.25) is 0 Å². The Morgan fingerprint density at radius 3 is 3.00 bits per heavy atom. The first kappa shape index (κ1) is 8.05. The van der Waals surface area contributed by atoms with Crippen LogP contribution >= 0.6 is 0 Å². The molecule has 2 fully saturated rings. The van der Waals surface area contributed by atoms with Crippen molar-refractivity contribution in [1.29, 1.82) is 0 Å². The number of nitrogens with zero attached hydrogens (tertiary/aromatic N) is 1. The van der Waals surface area contributed by atoms with E-state index >= 15 is 0 Å². The molecule has 3 unspecified atom stereocenters. The fourth-order valence-corrected chi connectivity index (χ4v) is 2.33. The highest BCUT2D eigenvalue weighted by Crippen LogP contribution is 2.28. The van der Waals surface area contributed by atoms with Crippen LogP contribution in [0.25, 0.3) is 0 Å². The summed E-state index contributed by atoms with van der Waals surface area (Å²) < 4.78 is 5.19. The van der Waals surface area contributed by atoms with E-state index in [-0.39, 0.29) is 12.1 Å². The van der Waals surface area contributed by atoms with Gasteiger partial charge in [-0.15, -0.1) is 0 Å². The number of ether oxygens (including phenoxy) is 1. The van der Waals surface area contributed by atoms with Crippen molar-refractivity contribution in [3.63, 3.8) is 0 Å². The van der Waals surface area contributed by atoms with E-state index in [1.807, 2.05) is 0 Å². The van der Waals surface area contributed by atoms with Crippen molar-refractivity contribution in [3.8, 4) is 0 Å². The van der Waals surface area contributed by atoms with E-state index in [4.69, 9.17) is 4.74 Å². The van der Waals surface area contributed by atoms with E-state index in [1.54, 1.807) is 0 Å². The Labute approximate surface area is 72.7 Å².